The smallest absolute Gasteiger partial charge is 0.338 e. The van der Waals surface area contributed by atoms with Gasteiger partial charge in [0.15, 0.2) is 0 Å². The van der Waals surface area contributed by atoms with E-state index < -0.39 is 11.9 Å². The number of hydrogen-bond acceptors (Lipinski definition) is 7. The van der Waals surface area contributed by atoms with Gasteiger partial charge < -0.3 is 19.3 Å². The summed E-state index contributed by atoms with van der Waals surface area (Å²) in [6.45, 7) is 14.8. The van der Waals surface area contributed by atoms with E-state index in [-0.39, 0.29) is 0 Å². The number of thiophene rings is 1. The van der Waals surface area contributed by atoms with Gasteiger partial charge in [0, 0.05) is 55.0 Å². The molecule has 69 heavy (non-hydrogen) atoms. The molecule has 0 N–H and O–H groups in total. The van der Waals surface area contributed by atoms with Crippen molar-refractivity contribution in [3.63, 3.8) is 0 Å². The standard InChI is InChI=1S/C62H50N2O4S/c1-41(2)61(65)67-57-35-19-47(20-36-57)45-11-27-53(28-12-45)63(51-23-7-43(5)8-24-51)55-31-15-49(16-32-55)59-39-40-60(69-59)50-17-33-56(34-18-50)64(52-25-9-44(6)10-26-52)54-29-13-46(14-30-54)48-21-37-58(38-22-48)68-62(66)42(3)4/h7-40H,1,3H2,2,4-6H3. The lowest BCUT2D eigenvalue weighted by atomic mass is 10.0. The zero-order valence-electron chi connectivity index (χ0n) is 39.0. The Kier molecular flexibility index (Phi) is 13.3. The molecule has 0 fully saturated rings. The van der Waals surface area contributed by atoms with E-state index in [4.69, 9.17) is 9.47 Å². The molecule has 0 aliphatic rings. The molecule has 0 spiro atoms. The molecule has 1 aromatic heterocycles. The van der Waals surface area contributed by atoms with Crippen molar-refractivity contribution in [2.45, 2.75) is 27.7 Å². The predicted octanol–water partition coefficient (Wildman–Crippen LogP) is 16.9. The van der Waals surface area contributed by atoms with E-state index >= 15 is 0 Å². The Hall–Kier alpha value is -8.52. The predicted molar refractivity (Wildman–Crippen MR) is 286 cm³/mol. The molecular formula is C62H50N2O4S. The summed E-state index contributed by atoms with van der Waals surface area (Å²) < 4.78 is 10.8. The Bertz CT molecular complexity index is 3040. The van der Waals surface area contributed by atoms with E-state index in [2.05, 4.69) is 195 Å². The van der Waals surface area contributed by atoms with Crippen LogP contribution in [0.25, 0.3) is 43.1 Å². The second-order valence-corrected chi connectivity index (χ2v) is 18.2. The van der Waals surface area contributed by atoms with Crippen molar-refractivity contribution in [2.75, 3.05) is 9.80 Å². The van der Waals surface area contributed by atoms with Crippen LogP contribution in [-0.2, 0) is 9.59 Å². The molecule has 0 saturated carbocycles. The summed E-state index contributed by atoms with van der Waals surface area (Å²) >= 11 is 1.78. The fraction of sp³-hybridized carbons (Fsp3) is 0.0645. The molecule has 0 aliphatic carbocycles. The third-order valence-electron chi connectivity index (χ3n) is 11.8. The highest BCUT2D eigenvalue weighted by Gasteiger charge is 2.17. The summed E-state index contributed by atoms with van der Waals surface area (Å²) in [5.41, 5.74) is 15.9. The summed E-state index contributed by atoms with van der Waals surface area (Å²) in [4.78, 5) is 30.9. The average Bonchev–Trinajstić information content (AvgIpc) is 3.87. The first kappa shape index (κ1) is 45.6. The highest BCUT2D eigenvalue weighted by Crippen LogP contribution is 2.41. The Labute approximate surface area is 408 Å². The lowest BCUT2D eigenvalue weighted by Crippen LogP contribution is -2.09. The number of aryl methyl sites for hydroxylation is 2. The minimum atomic E-state index is -0.436. The van der Waals surface area contributed by atoms with Crippen LogP contribution in [0.5, 0.6) is 11.5 Å². The first-order chi connectivity index (χ1) is 33.4. The van der Waals surface area contributed by atoms with Gasteiger partial charge in [0.25, 0.3) is 0 Å². The summed E-state index contributed by atoms with van der Waals surface area (Å²) in [5.74, 6) is 0.0980. The maximum atomic E-state index is 12.0. The number of benzene rings is 8. The van der Waals surface area contributed by atoms with Gasteiger partial charge >= 0.3 is 11.9 Å². The van der Waals surface area contributed by atoms with Gasteiger partial charge in [0.2, 0.25) is 0 Å². The minimum Gasteiger partial charge on any atom is -0.423 e. The number of nitrogens with zero attached hydrogens (tertiary/aromatic N) is 2. The van der Waals surface area contributed by atoms with Gasteiger partial charge in [-0.3, -0.25) is 0 Å². The Balaban J connectivity index is 0.927. The van der Waals surface area contributed by atoms with Crippen LogP contribution in [0, 0.1) is 13.8 Å². The maximum absolute atomic E-state index is 12.0. The van der Waals surface area contributed by atoms with E-state index in [9.17, 15) is 9.59 Å². The van der Waals surface area contributed by atoms with Crippen molar-refractivity contribution >= 4 is 57.4 Å². The third-order valence-corrected chi connectivity index (χ3v) is 12.9. The van der Waals surface area contributed by atoms with E-state index in [1.54, 1.807) is 49.4 Å². The molecule has 1 heterocycles. The highest BCUT2D eigenvalue weighted by molar-refractivity contribution is 7.18. The molecule has 338 valence electrons. The highest BCUT2D eigenvalue weighted by atomic mass is 32.1. The van der Waals surface area contributed by atoms with E-state index in [1.807, 2.05) is 24.3 Å². The Morgan fingerprint density at radius 3 is 0.841 bits per heavy atom. The van der Waals surface area contributed by atoms with Crippen LogP contribution in [0.4, 0.5) is 34.1 Å². The average molecular weight is 919 g/mol. The van der Waals surface area contributed by atoms with E-state index in [0.29, 0.717) is 22.6 Å². The number of ether oxygens (including phenoxy) is 2. The van der Waals surface area contributed by atoms with E-state index in [1.165, 1.54) is 20.9 Å². The molecule has 7 heteroatoms. The van der Waals surface area contributed by atoms with Crippen LogP contribution in [0.3, 0.4) is 0 Å². The lowest BCUT2D eigenvalue weighted by molar-refractivity contribution is -0.130. The van der Waals surface area contributed by atoms with Gasteiger partial charge in [-0.05, 0) is 170 Å². The summed E-state index contributed by atoms with van der Waals surface area (Å²) in [5, 5.41) is 0. The number of esters is 2. The summed E-state index contributed by atoms with van der Waals surface area (Å²) in [7, 11) is 0. The molecule has 0 radical (unpaired) electrons. The van der Waals surface area contributed by atoms with Crippen LogP contribution >= 0.6 is 11.3 Å². The first-order valence-corrected chi connectivity index (χ1v) is 23.5. The normalized spacial score (nSPS) is 10.8. The van der Waals surface area contributed by atoms with Crippen LogP contribution in [-0.4, -0.2) is 11.9 Å². The zero-order chi connectivity index (χ0) is 48.0. The Morgan fingerprint density at radius 2 is 0.580 bits per heavy atom. The molecule has 0 amide bonds. The lowest BCUT2D eigenvalue weighted by Gasteiger charge is -2.26. The largest absolute Gasteiger partial charge is 0.423 e. The minimum absolute atomic E-state index is 0.359. The zero-order valence-corrected chi connectivity index (χ0v) is 39.8. The molecule has 0 unspecified atom stereocenters. The number of anilines is 6. The second-order valence-electron chi connectivity index (χ2n) is 17.1. The van der Waals surface area contributed by atoms with Gasteiger partial charge in [-0.2, -0.15) is 0 Å². The molecular weight excluding hydrogens is 869 g/mol. The molecule has 0 bridgehead atoms. The van der Waals surface area contributed by atoms with Gasteiger partial charge in [0.05, 0.1) is 0 Å². The number of rotatable bonds is 14. The van der Waals surface area contributed by atoms with Crippen molar-refractivity contribution in [3.05, 3.63) is 242 Å². The molecule has 8 aromatic carbocycles. The van der Waals surface area contributed by atoms with Gasteiger partial charge in [-0.15, -0.1) is 11.3 Å². The van der Waals surface area contributed by atoms with Crippen LogP contribution < -0.4 is 19.3 Å². The fourth-order valence-electron chi connectivity index (χ4n) is 7.90. The maximum Gasteiger partial charge on any atom is 0.338 e. The molecule has 9 rings (SSSR count). The molecule has 6 nitrogen and oxygen atoms in total. The van der Waals surface area contributed by atoms with Crippen LogP contribution in [0.15, 0.2) is 231 Å². The second kappa shape index (κ2) is 20.1. The topological polar surface area (TPSA) is 59.1 Å². The summed E-state index contributed by atoms with van der Waals surface area (Å²) in [6, 6.07) is 71.2. The number of carbonyl (C=O) groups is 2. The quantitative estimate of drug-likeness (QED) is 0.0615. The van der Waals surface area contributed by atoms with Crippen molar-refractivity contribution in [3.8, 4) is 54.6 Å². The Morgan fingerprint density at radius 1 is 0.348 bits per heavy atom. The van der Waals surface area contributed by atoms with Gasteiger partial charge in [-0.25, -0.2) is 9.59 Å². The van der Waals surface area contributed by atoms with Crippen molar-refractivity contribution in [1.29, 1.82) is 0 Å². The van der Waals surface area contributed by atoms with Crippen molar-refractivity contribution < 1.29 is 19.1 Å². The van der Waals surface area contributed by atoms with E-state index in [0.717, 1.165) is 67.5 Å². The summed E-state index contributed by atoms with van der Waals surface area (Å²) in [6.07, 6.45) is 0. The van der Waals surface area contributed by atoms with Crippen LogP contribution in [0.1, 0.15) is 25.0 Å². The monoisotopic (exact) mass is 918 g/mol. The molecule has 0 atom stereocenters. The molecule has 0 saturated heterocycles. The number of hydrogen-bond donors (Lipinski definition) is 0. The van der Waals surface area contributed by atoms with Gasteiger partial charge in [0.1, 0.15) is 11.5 Å². The number of carbonyl (C=O) groups excluding carboxylic acids is 2. The van der Waals surface area contributed by atoms with Crippen LogP contribution in [0.2, 0.25) is 0 Å². The van der Waals surface area contributed by atoms with Crippen molar-refractivity contribution in [2.24, 2.45) is 0 Å². The first-order valence-electron chi connectivity index (χ1n) is 22.7. The van der Waals surface area contributed by atoms with Crippen molar-refractivity contribution in [1.82, 2.24) is 0 Å². The van der Waals surface area contributed by atoms with Gasteiger partial charge in [-0.1, -0.05) is 121 Å². The molecule has 9 aromatic rings. The third kappa shape index (κ3) is 10.6. The SMILES string of the molecule is C=C(C)C(=O)Oc1ccc(-c2ccc(N(c3ccc(C)cc3)c3ccc(-c4ccc(-c5ccc(N(c6ccc(C)cc6)c6ccc(-c7ccc(OC(=O)C(=C)C)cc7)cc6)cc5)s4)cc3)cc2)cc1. The molecule has 0 aliphatic heterocycles. The fourth-order valence-corrected chi connectivity index (χ4v) is 8.92.